The maximum Gasteiger partial charge on any atom is 0.305 e. The number of carbonyl (C=O) groups excluding carboxylic acids is 2. The van der Waals surface area contributed by atoms with Gasteiger partial charge in [-0.2, -0.15) is 0 Å². The van der Waals surface area contributed by atoms with E-state index in [9.17, 15) is 19.8 Å². The summed E-state index contributed by atoms with van der Waals surface area (Å²) in [6.45, 7) is 4.98. The van der Waals surface area contributed by atoms with Gasteiger partial charge in [0.1, 0.15) is 0 Å². The molecule has 0 spiro atoms. The van der Waals surface area contributed by atoms with E-state index in [1.165, 1.54) is 315 Å². The average Bonchev–Trinajstić information content (AvgIpc) is 3.43. The van der Waals surface area contributed by atoms with Crippen molar-refractivity contribution < 1.29 is 24.5 Å². The maximum absolute atomic E-state index is 12.5. The number of amides is 1. The Labute approximate surface area is 481 Å². The molecule has 0 bridgehead atoms. The molecule has 0 radical (unpaired) electrons. The summed E-state index contributed by atoms with van der Waals surface area (Å²) in [6.07, 6.45) is 83.5. The molecule has 2 atom stereocenters. The summed E-state index contributed by atoms with van der Waals surface area (Å²) in [7, 11) is 0. The lowest BCUT2D eigenvalue weighted by molar-refractivity contribution is -0.143. The molecule has 0 heterocycles. The van der Waals surface area contributed by atoms with Crippen LogP contribution in [0.3, 0.4) is 0 Å². The van der Waals surface area contributed by atoms with E-state index in [4.69, 9.17) is 4.74 Å². The lowest BCUT2D eigenvalue weighted by Gasteiger charge is -2.22. The first-order chi connectivity index (χ1) is 38.0. The molecule has 0 saturated carbocycles. The number of esters is 1. The second-order valence-electron chi connectivity index (χ2n) is 24.2. The van der Waals surface area contributed by atoms with Crippen LogP contribution in [-0.4, -0.2) is 47.4 Å². The van der Waals surface area contributed by atoms with Crippen LogP contribution in [0.4, 0.5) is 0 Å². The number of carbonyl (C=O) groups is 2. The Morgan fingerprint density at radius 2 is 0.610 bits per heavy atom. The highest BCUT2D eigenvalue weighted by molar-refractivity contribution is 5.76. The Balaban J connectivity index is 3.42. The number of hydrogen-bond acceptors (Lipinski definition) is 5. The first-order valence-corrected chi connectivity index (χ1v) is 35.1. The molecule has 6 nitrogen and oxygen atoms in total. The van der Waals surface area contributed by atoms with Gasteiger partial charge in [0.2, 0.25) is 5.91 Å². The second kappa shape index (κ2) is 66.8. The van der Waals surface area contributed by atoms with Gasteiger partial charge in [-0.3, -0.25) is 9.59 Å². The third kappa shape index (κ3) is 63.4. The number of aliphatic hydroxyl groups excluding tert-OH is 2. The number of unbranched alkanes of at least 4 members (excludes halogenated alkanes) is 51. The van der Waals surface area contributed by atoms with E-state index in [0.29, 0.717) is 25.9 Å². The van der Waals surface area contributed by atoms with Crippen LogP contribution < -0.4 is 5.32 Å². The summed E-state index contributed by atoms with van der Waals surface area (Å²) in [5.41, 5.74) is 0. The van der Waals surface area contributed by atoms with Crippen molar-refractivity contribution in [2.75, 3.05) is 13.2 Å². The highest BCUT2D eigenvalue weighted by atomic mass is 16.5. The molecule has 3 N–H and O–H groups in total. The van der Waals surface area contributed by atoms with E-state index < -0.39 is 12.1 Å². The predicted molar refractivity (Wildman–Crippen MR) is 338 cm³/mol. The molecule has 2 unspecified atom stereocenters. The minimum absolute atomic E-state index is 0.00440. The van der Waals surface area contributed by atoms with Gasteiger partial charge in [0.05, 0.1) is 25.4 Å². The first kappa shape index (κ1) is 75.3. The summed E-state index contributed by atoms with van der Waals surface area (Å²) in [5.74, 6) is -0.0350. The van der Waals surface area contributed by atoms with Crippen LogP contribution in [0.15, 0.2) is 24.3 Å². The van der Waals surface area contributed by atoms with Crippen molar-refractivity contribution in [1.82, 2.24) is 5.32 Å². The molecule has 0 aliphatic rings. The zero-order chi connectivity index (χ0) is 55.7. The molecule has 6 heteroatoms. The minimum atomic E-state index is -0.671. The number of ether oxygens (including phenoxy) is 1. The van der Waals surface area contributed by atoms with Gasteiger partial charge >= 0.3 is 5.97 Å². The molecule has 1 amide bonds. The van der Waals surface area contributed by atoms with Crippen molar-refractivity contribution in [2.45, 2.75) is 405 Å². The fourth-order valence-electron chi connectivity index (χ4n) is 11.1. The Morgan fingerprint density at radius 1 is 0.351 bits per heavy atom. The molecule has 0 aromatic heterocycles. The summed E-state index contributed by atoms with van der Waals surface area (Å²) < 4.78 is 5.50. The number of hydrogen-bond donors (Lipinski definition) is 3. The van der Waals surface area contributed by atoms with E-state index in [0.717, 1.165) is 44.9 Å². The third-order valence-electron chi connectivity index (χ3n) is 16.5. The topological polar surface area (TPSA) is 95.9 Å². The van der Waals surface area contributed by atoms with Gasteiger partial charge < -0.3 is 20.3 Å². The van der Waals surface area contributed by atoms with Gasteiger partial charge in [-0.1, -0.05) is 327 Å². The van der Waals surface area contributed by atoms with Crippen molar-refractivity contribution in [3.05, 3.63) is 24.3 Å². The highest BCUT2D eigenvalue weighted by Gasteiger charge is 2.20. The average molecular weight is 1080 g/mol. The molecular weight excluding hydrogens is 947 g/mol. The van der Waals surface area contributed by atoms with Crippen LogP contribution in [0, 0.1) is 0 Å². The van der Waals surface area contributed by atoms with Crippen molar-refractivity contribution in [1.29, 1.82) is 0 Å². The maximum atomic E-state index is 12.5. The smallest absolute Gasteiger partial charge is 0.305 e. The van der Waals surface area contributed by atoms with Crippen LogP contribution in [0.2, 0.25) is 0 Å². The van der Waals surface area contributed by atoms with Crippen LogP contribution in [-0.2, 0) is 14.3 Å². The minimum Gasteiger partial charge on any atom is -0.466 e. The number of rotatable bonds is 66. The van der Waals surface area contributed by atoms with E-state index in [1.54, 1.807) is 0 Å². The van der Waals surface area contributed by atoms with Gasteiger partial charge in [0.15, 0.2) is 0 Å². The van der Waals surface area contributed by atoms with E-state index in [1.807, 2.05) is 0 Å². The lowest BCUT2D eigenvalue weighted by Crippen LogP contribution is -2.45. The molecule has 77 heavy (non-hydrogen) atoms. The largest absolute Gasteiger partial charge is 0.466 e. The van der Waals surface area contributed by atoms with E-state index in [2.05, 4.69) is 43.5 Å². The molecule has 0 saturated heterocycles. The van der Waals surface area contributed by atoms with Crippen LogP contribution in [0.1, 0.15) is 393 Å². The van der Waals surface area contributed by atoms with Crippen LogP contribution in [0.25, 0.3) is 0 Å². The quantitative estimate of drug-likeness (QED) is 0.0320. The number of allylic oxidation sites excluding steroid dienone is 4. The Morgan fingerprint density at radius 3 is 0.922 bits per heavy atom. The molecular formula is C71H137NO5. The molecule has 456 valence electrons. The Hall–Kier alpha value is -1.66. The molecule has 0 aromatic rings. The predicted octanol–water partition coefficient (Wildman–Crippen LogP) is 22.5. The van der Waals surface area contributed by atoms with Crippen molar-refractivity contribution in [3.63, 3.8) is 0 Å². The number of aliphatic hydroxyl groups is 2. The summed E-state index contributed by atoms with van der Waals surface area (Å²) in [6, 6.07) is -0.549. The molecule has 0 aromatic carbocycles. The molecule has 0 aliphatic heterocycles. The van der Waals surface area contributed by atoms with Crippen LogP contribution in [0.5, 0.6) is 0 Å². The van der Waals surface area contributed by atoms with Crippen LogP contribution >= 0.6 is 0 Å². The summed E-state index contributed by atoms with van der Waals surface area (Å²) in [5, 5.41) is 23.4. The van der Waals surface area contributed by atoms with E-state index in [-0.39, 0.29) is 18.5 Å². The van der Waals surface area contributed by atoms with Gasteiger partial charge in [0.25, 0.3) is 0 Å². The second-order valence-corrected chi connectivity index (χ2v) is 24.2. The zero-order valence-corrected chi connectivity index (χ0v) is 52.2. The third-order valence-corrected chi connectivity index (χ3v) is 16.5. The van der Waals surface area contributed by atoms with Crippen molar-refractivity contribution >= 4 is 11.9 Å². The zero-order valence-electron chi connectivity index (χ0n) is 52.2. The Kier molecular flexibility index (Phi) is 65.4. The fraction of sp³-hybridized carbons (Fsp3) is 0.915. The van der Waals surface area contributed by atoms with E-state index >= 15 is 0 Å². The lowest BCUT2D eigenvalue weighted by atomic mass is 10.0. The molecule has 0 fully saturated rings. The van der Waals surface area contributed by atoms with Gasteiger partial charge in [-0.25, -0.2) is 0 Å². The summed E-state index contributed by atoms with van der Waals surface area (Å²) in [4.78, 5) is 24.6. The fourth-order valence-corrected chi connectivity index (χ4v) is 11.1. The van der Waals surface area contributed by atoms with Gasteiger partial charge in [-0.05, 0) is 77.0 Å². The van der Waals surface area contributed by atoms with Crippen molar-refractivity contribution in [3.8, 4) is 0 Å². The monoisotopic (exact) mass is 1080 g/mol. The number of nitrogens with one attached hydrogen (secondary N) is 1. The SMILES string of the molecule is CCCCCCCCC/C=C\CCCCCCCCCC(=O)OCCCCCCCCCCC/C=C\CCCCCCCCCC(=O)NC(CO)C(O)CCCCCCCCCCCCCCCCCCCCCCCC. The van der Waals surface area contributed by atoms with Gasteiger partial charge in [-0.15, -0.1) is 0 Å². The normalized spacial score (nSPS) is 12.6. The van der Waals surface area contributed by atoms with Crippen molar-refractivity contribution in [2.24, 2.45) is 0 Å². The summed E-state index contributed by atoms with van der Waals surface area (Å²) >= 11 is 0. The standard InChI is InChI=1S/C71H137NO5/c1-3-5-7-9-11-13-15-17-19-21-23-24-25-28-31-35-39-43-47-51-55-59-63-69(74)68(67-73)72-70(75)64-60-56-52-48-44-40-36-32-29-26-27-30-34-38-42-46-50-54-58-62-66-77-71(76)65-61-57-53-49-45-41-37-33-22-20-18-16-14-12-10-8-6-4-2/h20,22,26,29,68-69,73-74H,3-19,21,23-25,27-28,30-67H2,1-2H3,(H,72,75)/b22-20-,29-26-. The molecule has 0 aliphatic carbocycles. The molecule has 0 rings (SSSR count). The van der Waals surface area contributed by atoms with Gasteiger partial charge in [0, 0.05) is 12.8 Å². The Bertz CT molecular complexity index is 1200. The first-order valence-electron chi connectivity index (χ1n) is 35.1. The highest BCUT2D eigenvalue weighted by Crippen LogP contribution is 2.19.